The van der Waals surface area contributed by atoms with Crippen LogP contribution in [0, 0.1) is 0 Å². The first-order valence-electron chi connectivity index (χ1n) is 5.25. The van der Waals surface area contributed by atoms with Crippen molar-refractivity contribution in [3.05, 3.63) is 11.1 Å². The van der Waals surface area contributed by atoms with Gasteiger partial charge in [0, 0.05) is 16.7 Å². The lowest BCUT2D eigenvalue weighted by Gasteiger charge is -2.18. The molecular weight excluding hydrogens is 242 g/mol. The standard InChI is InChI=1S/C10H15N3OS2/c1-15-8-4-2-3-6(8)12-9(14)7-5-16-10(11)13-7/h5-6,8H,2-4H2,1H3,(H2,11,13)(H,12,14). The Labute approximate surface area is 103 Å². The molecule has 2 atom stereocenters. The van der Waals surface area contributed by atoms with Crippen molar-refractivity contribution < 1.29 is 4.79 Å². The molecule has 1 fully saturated rings. The van der Waals surface area contributed by atoms with E-state index in [1.165, 1.54) is 24.2 Å². The summed E-state index contributed by atoms with van der Waals surface area (Å²) in [6.07, 6.45) is 5.54. The Morgan fingerprint density at radius 1 is 1.69 bits per heavy atom. The van der Waals surface area contributed by atoms with Crippen molar-refractivity contribution in [2.45, 2.75) is 30.6 Å². The van der Waals surface area contributed by atoms with Gasteiger partial charge in [-0.15, -0.1) is 11.3 Å². The van der Waals surface area contributed by atoms with Crippen molar-refractivity contribution in [3.8, 4) is 0 Å². The molecule has 1 heterocycles. The van der Waals surface area contributed by atoms with Crippen molar-refractivity contribution in [1.82, 2.24) is 10.3 Å². The minimum Gasteiger partial charge on any atom is -0.375 e. The highest BCUT2D eigenvalue weighted by atomic mass is 32.2. The van der Waals surface area contributed by atoms with Gasteiger partial charge in [-0.2, -0.15) is 11.8 Å². The summed E-state index contributed by atoms with van der Waals surface area (Å²) < 4.78 is 0. The van der Waals surface area contributed by atoms with Crippen LogP contribution in [-0.4, -0.2) is 28.4 Å². The predicted molar refractivity (Wildman–Crippen MR) is 68.9 cm³/mol. The van der Waals surface area contributed by atoms with Crippen molar-refractivity contribution in [2.75, 3.05) is 12.0 Å². The van der Waals surface area contributed by atoms with Crippen LogP contribution in [0.25, 0.3) is 0 Å². The zero-order valence-electron chi connectivity index (χ0n) is 9.10. The summed E-state index contributed by atoms with van der Waals surface area (Å²) in [5.41, 5.74) is 5.94. The lowest BCUT2D eigenvalue weighted by molar-refractivity contribution is 0.0934. The second-order valence-electron chi connectivity index (χ2n) is 3.86. The number of carbonyl (C=O) groups is 1. The van der Waals surface area contributed by atoms with E-state index in [0.29, 0.717) is 16.1 Å². The first kappa shape index (κ1) is 11.7. The van der Waals surface area contributed by atoms with Gasteiger partial charge in [-0.25, -0.2) is 4.98 Å². The van der Waals surface area contributed by atoms with E-state index >= 15 is 0 Å². The summed E-state index contributed by atoms with van der Waals surface area (Å²) >= 11 is 3.12. The molecule has 1 aromatic rings. The van der Waals surface area contributed by atoms with Crippen LogP contribution in [0.1, 0.15) is 29.8 Å². The van der Waals surface area contributed by atoms with Gasteiger partial charge in [0.2, 0.25) is 0 Å². The fourth-order valence-electron chi connectivity index (χ4n) is 2.01. The van der Waals surface area contributed by atoms with Gasteiger partial charge in [0.1, 0.15) is 5.69 Å². The van der Waals surface area contributed by atoms with Gasteiger partial charge in [0.05, 0.1) is 0 Å². The third-order valence-electron chi connectivity index (χ3n) is 2.83. The van der Waals surface area contributed by atoms with Gasteiger partial charge in [0.15, 0.2) is 5.13 Å². The number of nitrogens with two attached hydrogens (primary N) is 1. The molecule has 1 aliphatic carbocycles. The number of thiazole rings is 1. The van der Waals surface area contributed by atoms with Gasteiger partial charge < -0.3 is 11.1 Å². The number of amides is 1. The van der Waals surface area contributed by atoms with Gasteiger partial charge in [0.25, 0.3) is 5.91 Å². The second kappa shape index (κ2) is 5.05. The second-order valence-corrected chi connectivity index (χ2v) is 5.82. The largest absolute Gasteiger partial charge is 0.375 e. The molecule has 1 aromatic heterocycles. The van der Waals surface area contributed by atoms with Crippen LogP contribution < -0.4 is 11.1 Å². The molecule has 0 bridgehead atoms. The lowest BCUT2D eigenvalue weighted by Crippen LogP contribution is -2.38. The molecule has 1 saturated carbocycles. The van der Waals surface area contributed by atoms with E-state index in [9.17, 15) is 4.79 Å². The molecule has 0 aromatic carbocycles. The van der Waals surface area contributed by atoms with Crippen LogP contribution >= 0.6 is 23.1 Å². The lowest BCUT2D eigenvalue weighted by atomic mass is 10.2. The minimum absolute atomic E-state index is 0.0982. The van der Waals surface area contributed by atoms with Crippen LogP contribution in [0.5, 0.6) is 0 Å². The number of thioether (sulfide) groups is 1. The zero-order chi connectivity index (χ0) is 11.5. The Kier molecular flexibility index (Phi) is 3.70. The molecule has 1 amide bonds. The number of nitrogens with one attached hydrogen (secondary N) is 1. The van der Waals surface area contributed by atoms with Crippen molar-refractivity contribution >= 4 is 34.1 Å². The molecule has 3 N–H and O–H groups in total. The smallest absolute Gasteiger partial charge is 0.271 e. The quantitative estimate of drug-likeness (QED) is 0.865. The topological polar surface area (TPSA) is 68.0 Å². The summed E-state index contributed by atoms with van der Waals surface area (Å²) in [5.74, 6) is -0.0982. The maximum Gasteiger partial charge on any atom is 0.271 e. The van der Waals surface area contributed by atoms with Crippen molar-refractivity contribution in [3.63, 3.8) is 0 Å². The molecule has 88 valence electrons. The number of hydrogen-bond acceptors (Lipinski definition) is 5. The van der Waals surface area contributed by atoms with E-state index in [1.54, 1.807) is 5.38 Å². The van der Waals surface area contributed by atoms with E-state index in [-0.39, 0.29) is 11.9 Å². The Bertz CT molecular complexity index is 380. The van der Waals surface area contributed by atoms with Crippen LogP contribution in [-0.2, 0) is 0 Å². The number of rotatable bonds is 3. The zero-order valence-corrected chi connectivity index (χ0v) is 10.7. The SMILES string of the molecule is CSC1CCCC1NC(=O)c1csc(N)n1. The number of anilines is 1. The first-order chi connectivity index (χ1) is 7.70. The number of aromatic nitrogens is 1. The summed E-state index contributed by atoms with van der Waals surface area (Å²) in [6.45, 7) is 0. The van der Waals surface area contributed by atoms with E-state index < -0.39 is 0 Å². The average molecular weight is 257 g/mol. The molecule has 1 aliphatic rings. The molecule has 6 heteroatoms. The summed E-state index contributed by atoms with van der Waals surface area (Å²) in [4.78, 5) is 15.8. The van der Waals surface area contributed by atoms with Crippen LogP contribution in [0.15, 0.2) is 5.38 Å². The molecule has 0 spiro atoms. The van der Waals surface area contributed by atoms with Gasteiger partial charge in [-0.05, 0) is 19.1 Å². The molecule has 4 nitrogen and oxygen atoms in total. The van der Waals surface area contributed by atoms with Gasteiger partial charge >= 0.3 is 0 Å². The summed E-state index contributed by atoms with van der Waals surface area (Å²) in [5, 5.41) is 5.72. The Morgan fingerprint density at radius 2 is 2.50 bits per heavy atom. The van der Waals surface area contributed by atoms with E-state index in [0.717, 1.165) is 6.42 Å². The fraction of sp³-hybridized carbons (Fsp3) is 0.600. The Hall–Kier alpha value is -0.750. The molecule has 0 radical (unpaired) electrons. The van der Waals surface area contributed by atoms with Gasteiger partial charge in [-0.3, -0.25) is 4.79 Å². The molecule has 2 rings (SSSR count). The fourth-order valence-corrected chi connectivity index (χ4v) is 3.49. The van der Waals surface area contributed by atoms with E-state index in [4.69, 9.17) is 5.73 Å². The van der Waals surface area contributed by atoms with Crippen LogP contribution in [0.2, 0.25) is 0 Å². The maximum atomic E-state index is 11.8. The Balaban J connectivity index is 1.97. The van der Waals surface area contributed by atoms with Crippen molar-refractivity contribution in [1.29, 1.82) is 0 Å². The third-order valence-corrected chi connectivity index (χ3v) is 4.67. The molecule has 0 saturated heterocycles. The number of hydrogen-bond donors (Lipinski definition) is 2. The highest BCUT2D eigenvalue weighted by Gasteiger charge is 2.28. The minimum atomic E-state index is -0.0982. The van der Waals surface area contributed by atoms with E-state index in [1.807, 2.05) is 11.8 Å². The monoisotopic (exact) mass is 257 g/mol. The molecule has 2 unspecified atom stereocenters. The average Bonchev–Trinajstić information content (AvgIpc) is 2.86. The highest BCUT2D eigenvalue weighted by molar-refractivity contribution is 7.99. The Morgan fingerprint density at radius 3 is 3.12 bits per heavy atom. The highest BCUT2D eigenvalue weighted by Crippen LogP contribution is 2.28. The normalized spacial score (nSPS) is 24.6. The number of carbonyl (C=O) groups excluding carboxylic acids is 1. The molecular formula is C10H15N3OS2. The number of nitrogen functional groups attached to an aromatic ring is 1. The molecule has 0 aliphatic heterocycles. The summed E-state index contributed by atoms with van der Waals surface area (Å²) in [6, 6.07) is 0.283. The maximum absolute atomic E-state index is 11.8. The van der Waals surface area contributed by atoms with Crippen molar-refractivity contribution in [2.24, 2.45) is 0 Å². The van der Waals surface area contributed by atoms with Crippen LogP contribution in [0.3, 0.4) is 0 Å². The third kappa shape index (κ3) is 2.49. The van der Waals surface area contributed by atoms with Gasteiger partial charge in [-0.1, -0.05) is 6.42 Å². The van der Waals surface area contributed by atoms with Crippen LogP contribution in [0.4, 0.5) is 5.13 Å². The predicted octanol–water partition coefficient (Wildman–Crippen LogP) is 1.74. The molecule has 16 heavy (non-hydrogen) atoms. The van der Waals surface area contributed by atoms with E-state index in [2.05, 4.69) is 16.6 Å². The first-order valence-corrected chi connectivity index (χ1v) is 7.42. The summed E-state index contributed by atoms with van der Waals surface area (Å²) in [7, 11) is 0. The number of nitrogens with zero attached hydrogens (tertiary/aromatic N) is 1.